The molecule has 0 bridgehead atoms. The Morgan fingerprint density at radius 3 is 2.43 bits per heavy atom. The minimum absolute atomic E-state index is 0. The average molecular weight is 311 g/mol. The van der Waals surface area contributed by atoms with Crippen LogP contribution in [-0.4, -0.2) is 26.0 Å². The predicted molar refractivity (Wildman–Crippen MR) is 91.3 cm³/mol. The third-order valence-corrected chi connectivity index (χ3v) is 4.16. The largest absolute Gasteiger partial charge is 0.317 e. The molecule has 2 rings (SSSR count). The first-order valence-corrected chi connectivity index (χ1v) is 7.79. The van der Waals surface area contributed by atoms with Crippen LogP contribution in [-0.2, 0) is 11.2 Å². The van der Waals surface area contributed by atoms with E-state index in [0.717, 1.165) is 38.0 Å². The van der Waals surface area contributed by atoms with E-state index in [1.54, 1.807) is 0 Å². The van der Waals surface area contributed by atoms with Gasteiger partial charge in [0.1, 0.15) is 0 Å². The van der Waals surface area contributed by atoms with E-state index in [9.17, 15) is 4.79 Å². The number of nitrogens with one attached hydrogen (secondary N) is 1. The van der Waals surface area contributed by atoms with Crippen LogP contribution in [0.2, 0.25) is 0 Å². The van der Waals surface area contributed by atoms with E-state index >= 15 is 0 Å². The SMILES string of the molecule is CCCCc1ccc(N(C)C(=O)C2CCNCC2)cc1.Cl. The maximum Gasteiger partial charge on any atom is 0.229 e. The van der Waals surface area contributed by atoms with Gasteiger partial charge in [0.25, 0.3) is 0 Å². The van der Waals surface area contributed by atoms with Crippen LogP contribution in [0.15, 0.2) is 24.3 Å². The number of piperidine rings is 1. The van der Waals surface area contributed by atoms with Crippen LogP contribution in [0.4, 0.5) is 5.69 Å². The standard InChI is InChI=1S/C17H26N2O.ClH/c1-3-4-5-14-6-8-16(9-7-14)19(2)17(20)15-10-12-18-13-11-15;/h6-9,15,18H,3-5,10-13H2,1-2H3;1H. The number of amides is 1. The van der Waals surface area contributed by atoms with Crippen molar-refractivity contribution in [3.63, 3.8) is 0 Å². The van der Waals surface area contributed by atoms with Crippen molar-refractivity contribution >= 4 is 24.0 Å². The van der Waals surface area contributed by atoms with Crippen molar-refractivity contribution < 1.29 is 4.79 Å². The van der Waals surface area contributed by atoms with Gasteiger partial charge in [0.15, 0.2) is 0 Å². The molecule has 1 heterocycles. The van der Waals surface area contributed by atoms with Gasteiger partial charge in [0.05, 0.1) is 0 Å². The van der Waals surface area contributed by atoms with E-state index in [4.69, 9.17) is 0 Å². The number of anilines is 1. The fraction of sp³-hybridized carbons (Fsp3) is 0.588. The summed E-state index contributed by atoms with van der Waals surface area (Å²) in [7, 11) is 1.89. The molecule has 118 valence electrons. The molecule has 1 aliphatic heterocycles. The number of unbranched alkanes of at least 4 members (excludes halogenated alkanes) is 1. The number of carbonyl (C=O) groups is 1. The number of carbonyl (C=O) groups excluding carboxylic acids is 1. The highest BCUT2D eigenvalue weighted by Crippen LogP contribution is 2.20. The van der Waals surface area contributed by atoms with Crippen LogP contribution in [0, 0.1) is 5.92 Å². The molecule has 0 atom stereocenters. The zero-order valence-corrected chi connectivity index (χ0v) is 13.9. The molecule has 1 aromatic carbocycles. The van der Waals surface area contributed by atoms with Crippen LogP contribution in [0.1, 0.15) is 38.2 Å². The summed E-state index contributed by atoms with van der Waals surface area (Å²) in [6.45, 7) is 4.13. The van der Waals surface area contributed by atoms with Gasteiger partial charge in [-0.25, -0.2) is 0 Å². The molecule has 0 spiro atoms. The van der Waals surface area contributed by atoms with Crippen LogP contribution in [0.25, 0.3) is 0 Å². The number of nitrogens with zero attached hydrogens (tertiary/aromatic N) is 1. The van der Waals surface area contributed by atoms with Crippen molar-refractivity contribution in [2.75, 3.05) is 25.0 Å². The van der Waals surface area contributed by atoms with Crippen LogP contribution < -0.4 is 10.2 Å². The van der Waals surface area contributed by atoms with E-state index in [2.05, 4.69) is 36.5 Å². The molecule has 1 aliphatic rings. The predicted octanol–water partition coefficient (Wildman–Crippen LogP) is 3.41. The minimum Gasteiger partial charge on any atom is -0.317 e. The second-order valence-corrected chi connectivity index (χ2v) is 5.69. The van der Waals surface area contributed by atoms with E-state index in [1.807, 2.05) is 11.9 Å². The number of benzene rings is 1. The van der Waals surface area contributed by atoms with Crippen molar-refractivity contribution in [2.45, 2.75) is 39.0 Å². The normalized spacial score (nSPS) is 15.3. The molecule has 4 heteroatoms. The molecular weight excluding hydrogens is 284 g/mol. The topological polar surface area (TPSA) is 32.3 Å². The van der Waals surface area contributed by atoms with Crippen molar-refractivity contribution in [3.05, 3.63) is 29.8 Å². The average Bonchev–Trinajstić information content (AvgIpc) is 2.53. The second kappa shape index (κ2) is 9.06. The summed E-state index contributed by atoms with van der Waals surface area (Å²) in [6.07, 6.45) is 5.48. The fourth-order valence-electron chi connectivity index (χ4n) is 2.74. The smallest absolute Gasteiger partial charge is 0.229 e. The lowest BCUT2D eigenvalue weighted by atomic mass is 9.96. The minimum atomic E-state index is 0. The van der Waals surface area contributed by atoms with Crippen LogP contribution in [0.5, 0.6) is 0 Å². The summed E-state index contributed by atoms with van der Waals surface area (Å²) < 4.78 is 0. The van der Waals surface area contributed by atoms with Gasteiger partial charge in [-0.05, 0) is 56.5 Å². The fourth-order valence-corrected chi connectivity index (χ4v) is 2.74. The van der Waals surface area contributed by atoms with E-state index in [1.165, 1.54) is 18.4 Å². The Hall–Kier alpha value is -1.06. The summed E-state index contributed by atoms with van der Waals surface area (Å²) in [5.74, 6) is 0.439. The molecule has 1 N–H and O–H groups in total. The molecular formula is C17H27ClN2O. The Morgan fingerprint density at radius 2 is 1.86 bits per heavy atom. The molecule has 3 nitrogen and oxygen atoms in total. The van der Waals surface area contributed by atoms with Gasteiger partial charge in [-0.1, -0.05) is 25.5 Å². The summed E-state index contributed by atoms with van der Waals surface area (Å²) in [5, 5.41) is 3.30. The number of aryl methyl sites for hydroxylation is 1. The summed E-state index contributed by atoms with van der Waals surface area (Å²) in [5.41, 5.74) is 2.37. The van der Waals surface area contributed by atoms with E-state index in [0.29, 0.717) is 0 Å². The van der Waals surface area contributed by atoms with Crippen molar-refractivity contribution in [1.82, 2.24) is 5.32 Å². The zero-order valence-electron chi connectivity index (χ0n) is 13.1. The Labute approximate surface area is 134 Å². The van der Waals surface area contributed by atoms with Gasteiger partial charge in [-0.15, -0.1) is 12.4 Å². The maximum atomic E-state index is 12.5. The third-order valence-electron chi connectivity index (χ3n) is 4.16. The van der Waals surface area contributed by atoms with Gasteiger partial charge < -0.3 is 10.2 Å². The molecule has 0 radical (unpaired) electrons. The van der Waals surface area contributed by atoms with Gasteiger partial charge in [-0.3, -0.25) is 4.79 Å². The maximum absolute atomic E-state index is 12.5. The quantitative estimate of drug-likeness (QED) is 0.904. The Balaban J connectivity index is 0.00000220. The van der Waals surface area contributed by atoms with Crippen molar-refractivity contribution in [2.24, 2.45) is 5.92 Å². The lowest BCUT2D eigenvalue weighted by molar-refractivity contribution is -0.122. The first-order valence-electron chi connectivity index (χ1n) is 7.79. The highest BCUT2D eigenvalue weighted by atomic mass is 35.5. The summed E-state index contributed by atoms with van der Waals surface area (Å²) in [6, 6.07) is 8.45. The molecule has 1 amide bonds. The third kappa shape index (κ3) is 5.01. The lowest BCUT2D eigenvalue weighted by Crippen LogP contribution is -2.39. The highest BCUT2D eigenvalue weighted by molar-refractivity contribution is 5.94. The molecule has 0 aliphatic carbocycles. The molecule has 1 fully saturated rings. The number of halogens is 1. The van der Waals surface area contributed by atoms with Crippen molar-refractivity contribution in [1.29, 1.82) is 0 Å². The summed E-state index contributed by atoms with van der Waals surface area (Å²) in [4.78, 5) is 14.3. The lowest BCUT2D eigenvalue weighted by Gasteiger charge is -2.27. The molecule has 1 aromatic rings. The number of hydrogen-bond donors (Lipinski definition) is 1. The van der Waals surface area contributed by atoms with Gasteiger partial charge in [0.2, 0.25) is 5.91 Å². The van der Waals surface area contributed by atoms with Gasteiger partial charge >= 0.3 is 0 Å². The monoisotopic (exact) mass is 310 g/mol. The van der Waals surface area contributed by atoms with Gasteiger partial charge in [0, 0.05) is 18.7 Å². The van der Waals surface area contributed by atoms with E-state index in [-0.39, 0.29) is 24.2 Å². The van der Waals surface area contributed by atoms with Crippen molar-refractivity contribution in [3.8, 4) is 0 Å². The first kappa shape index (κ1) is 18.0. The van der Waals surface area contributed by atoms with Crippen LogP contribution in [0.3, 0.4) is 0 Å². The molecule has 21 heavy (non-hydrogen) atoms. The Bertz CT molecular complexity index is 427. The summed E-state index contributed by atoms with van der Waals surface area (Å²) >= 11 is 0. The Kier molecular flexibility index (Phi) is 7.76. The molecule has 0 unspecified atom stereocenters. The number of rotatable bonds is 5. The molecule has 1 saturated heterocycles. The Morgan fingerprint density at radius 1 is 1.24 bits per heavy atom. The highest BCUT2D eigenvalue weighted by Gasteiger charge is 2.24. The number of hydrogen-bond acceptors (Lipinski definition) is 2. The first-order chi connectivity index (χ1) is 9.72. The molecule has 0 aromatic heterocycles. The second-order valence-electron chi connectivity index (χ2n) is 5.69. The molecule has 0 saturated carbocycles. The van der Waals surface area contributed by atoms with Crippen LogP contribution >= 0.6 is 12.4 Å². The zero-order chi connectivity index (χ0) is 14.4. The van der Waals surface area contributed by atoms with Gasteiger partial charge in [-0.2, -0.15) is 0 Å². The van der Waals surface area contributed by atoms with E-state index < -0.39 is 0 Å².